The Labute approximate surface area is 102 Å². The molecule has 1 saturated heterocycles. The van der Waals surface area contributed by atoms with Gasteiger partial charge in [0.15, 0.2) is 0 Å². The molecule has 2 N–H and O–H groups in total. The lowest BCUT2D eigenvalue weighted by Gasteiger charge is -2.42. The van der Waals surface area contributed by atoms with Gasteiger partial charge in [-0.25, -0.2) is 0 Å². The molecule has 5 heteroatoms. The van der Waals surface area contributed by atoms with Gasteiger partial charge in [0.25, 0.3) is 0 Å². The lowest BCUT2D eigenvalue weighted by molar-refractivity contribution is -0.267. The van der Waals surface area contributed by atoms with Gasteiger partial charge < -0.3 is 24.4 Å². The zero-order chi connectivity index (χ0) is 13.1. The van der Waals surface area contributed by atoms with Gasteiger partial charge in [-0.05, 0) is 0 Å². The SMILES string of the molecule is C=CC(C)(C)[C@H](OC)[C@H]1OCO[C@@H](CO)[C@H]1O. The Morgan fingerprint density at radius 3 is 2.65 bits per heavy atom. The first kappa shape index (κ1) is 14.6. The van der Waals surface area contributed by atoms with Crippen LogP contribution in [-0.4, -0.2) is 55.1 Å². The second-order valence-electron chi connectivity index (χ2n) is 4.81. The monoisotopic (exact) mass is 246 g/mol. The van der Waals surface area contributed by atoms with E-state index in [-0.39, 0.29) is 24.9 Å². The topological polar surface area (TPSA) is 68.2 Å². The molecule has 0 spiro atoms. The van der Waals surface area contributed by atoms with Gasteiger partial charge in [-0.3, -0.25) is 0 Å². The third-order valence-corrected chi connectivity index (χ3v) is 3.25. The molecule has 1 aliphatic heterocycles. The van der Waals surface area contributed by atoms with Crippen LogP contribution in [0, 0.1) is 5.41 Å². The average Bonchev–Trinajstić information content (AvgIpc) is 2.32. The minimum Gasteiger partial charge on any atom is -0.394 e. The minimum absolute atomic E-state index is 0.0417. The molecule has 0 amide bonds. The van der Waals surface area contributed by atoms with Crippen LogP contribution in [0.15, 0.2) is 12.7 Å². The molecule has 1 heterocycles. The molecule has 0 aromatic rings. The van der Waals surface area contributed by atoms with Crippen molar-refractivity contribution in [3.05, 3.63) is 12.7 Å². The molecule has 0 bridgehead atoms. The third kappa shape index (κ3) is 3.05. The molecule has 1 aliphatic rings. The summed E-state index contributed by atoms with van der Waals surface area (Å²) >= 11 is 0. The van der Waals surface area contributed by atoms with E-state index in [1.165, 1.54) is 0 Å². The van der Waals surface area contributed by atoms with Gasteiger partial charge in [-0.15, -0.1) is 6.58 Å². The molecule has 0 saturated carbocycles. The summed E-state index contributed by atoms with van der Waals surface area (Å²) < 4.78 is 15.9. The summed E-state index contributed by atoms with van der Waals surface area (Å²) in [6, 6.07) is 0. The average molecular weight is 246 g/mol. The highest BCUT2D eigenvalue weighted by Crippen LogP contribution is 2.31. The molecule has 1 fully saturated rings. The minimum atomic E-state index is -0.919. The molecule has 4 atom stereocenters. The second kappa shape index (κ2) is 5.93. The number of aliphatic hydroxyl groups excluding tert-OH is 2. The summed E-state index contributed by atoms with van der Waals surface area (Å²) in [7, 11) is 1.56. The number of methoxy groups -OCH3 is 1. The van der Waals surface area contributed by atoms with Gasteiger partial charge in [-0.1, -0.05) is 19.9 Å². The fourth-order valence-electron chi connectivity index (χ4n) is 2.02. The van der Waals surface area contributed by atoms with Crippen molar-refractivity contribution in [2.75, 3.05) is 20.5 Å². The van der Waals surface area contributed by atoms with E-state index >= 15 is 0 Å². The number of rotatable bonds is 5. The fourth-order valence-corrected chi connectivity index (χ4v) is 2.02. The van der Waals surface area contributed by atoms with Crippen molar-refractivity contribution in [1.29, 1.82) is 0 Å². The fraction of sp³-hybridized carbons (Fsp3) is 0.833. The highest BCUT2D eigenvalue weighted by atomic mass is 16.7. The van der Waals surface area contributed by atoms with Gasteiger partial charge in [0.1, 0.15) is 25.1 Å². The largest absolute Gasteiger partial charge is 0.394 e. The number of hydrogen-bond acceptors (Lipinski definition) is 5. The Morgan fingerprint density at radius 2 is 2.18 bits per heavy atom. The summed E-state index contributed by atoms with van der Waals surface area (Å²) in [6.07, 6.45) is -0.683. The zero-order valence-electron chi connectivity index (χ0n) is 10.6. The molecule has 0 radical (unpaired) electrons. The van der Waals surface area contributed by atoms with E-state index in [1.54, 1.807) is 13.2 Å². The first-order chi connectivity index (χ1) is 7.97. The maximum Gasteiger partial charge on any atom is 0.147 e. The summed E-state index contributed by atoms with van der Waals surface area (Å²) in [5.41, 5.74) is -0.349. The maximum atomic E-state index is 10.1. The molecule has 0 aliphatic carbocycles. The van der Waals surface area contributed by atoms with Gasteiger partial charge in [0.05, 0.1) is 12.7 Å². The van der Waals surface area contributed by atoms with Crippen LogP contribution >= 0.6 is 0 Å². The first-order valence-electron chi connectivity index (χ1n) is 5.66. The predicted molar refractivity (Wildman–Crippen MR) is 62.5 cm³/mol. The Balaban J connectivity index is 2.84. The van der Waals surface area contributed by atoms with Crippen LogP contribution in [0.4, 0.5) is 0 Å². The van der Waals surface area contributed by atoms with Crippen LogP contribution in [0.2, 0.25) is 0 Å². The van der Waals surface area contributed by atoms with Crippen molar-refractivity contribution in [2.45, 2.75) is 38.3 Å². The molecule has 5 nitrogen and oxygen atoms in total. The normalized spacial score (nSPS) is 32.2. The Kier molecular flexibility index (Phi) is 5.09. The number of ether oxygens (including phenoxy) is 3. The van der Waals surface area contributed by atoms with Gasteiger partial charge in [0.2, 0.25) is 0 Å². The van der Waals surface area contributed by atoms with Gasteiger partial charge >= 0.3 is 0 Å². The van der Waals surface area contributed by atoms with E-state index in [0.717, 1.165) is 0 Å². The second-order valence-corrected chi connectivity index (χ2v) is 4.81. The van der Waals surface area contributed by atoms with Gasteiger partial charge in [0, 0.05) is 12.5 Å². The predicted octanol–water partition coefficient (Wildman–Crippen LogP) is 0.308. The van der Waals surface area contributed by atoms with Crippen molar-refractivity contribution < 1.29 is 24.4 Å². The Hall–Kier alpha value is -0.460. The molecule has 0 aromatic heterocycles. The molecule has 0 aromatic carbocycles. The van der Waals surface area contributed by atoms with E-state index in [4.69, 9.17) is 19.3 Å². The number of hydrogen-bond donors (Lipinski definition) is 2. The smallest absolute Gasteiger partial charge is 0.147 e. The van der Waals surface area contributed by atoms with Crippen molar-refractivity contribution in [1.82, 2.24) is 0 Å². The Morgan fingerprint density at radius 1 is 1.53 bits per heavy atom. The molecular weight excluding hydrogens is 224 g/mol. The van der Waals surface area contributed by atoms with Crippen LogP contribution in [0.1, 0.15) is 13.8 Å². The van der Waals surface area contributed by atoms with E-state index in [1.807, 2.05) is 13.8 Å². The first-order valence-corrected chi connectivity index (χ1v) is 5.66. The molecule has 0 unspecified atom stereocenters. The number of aliphatic hydroxyl groups is 2. The van der Waals surface area contributed by atoms with Crippen LogP contribution in [-0.2, 0) is 14.2 Å². The van der Waals surface area contributed by atoms with Crippen molar-refractivity contribution in [2.24, 2.45) is 5.41 Å². The van der Waals surface area contributed by atoms with Crippen molar-refractivity contribution >= 4 is 0 Å². The van der Waals surface area contributed by atoms with Crippen LogP contribution in [0.5, 0.6) is 0 Å². The molecular formula is C12H22O5. The van der Waals surface area contributed by atoms with Crippen molar-refractivity contribution in [3.63, 3.8) is 0 Å². The molecule has 17 heavy (non-hydrogen) atoms. The summed E-state index contributed by atoms with van der Waals surface area (Å²) in [5.74, 6) is 0. The standard InChI is InChI=1S/C12H22O5/c1-5-12(2,3)11(15-4)10-9(14)8(6-13)16-7-17-10/h5,8-11,13-14H,1,6-7H2,2-4H3/t8-,9+,10-,11+/m0/s1. The lowest BCUT2D eigenvalue weighted by Crippen LogP contribution is -2.56. The lowest BCUT2D eigenvalue weighted by atomic mass is 9.81. The summed E-state index contributed by atoms with van der Waals surface area (Å²) in [5, 5.41) is 19.2. The highest BCUT2D eigenvalue weighted by molar-refractivity contribution is 5.00. The van der Waals surface area contributed by atoms with E-state index in [9.17, 15) is 5.11 Å². The zero-order valence-corrected chi connectivity index (χ0v) is 10.6. The van der Waals surface area contributed by atoms with Crippen LogP contribution in [0.3, 0.4) is 0 Å². The quantitative estimate of drug-likeness (QED) is 0.683. The maximum absolute atomic E-state index is 10.1. The summed E-state index contributed by atoms with van der Waals surface area (Å²) in [6.45, 7) is 7.46. The van der Waals surface area contributed by atoms with E-state index < -0.39 is 18.3 Å². The van der Waals surface area contributed by atoms with E-state index in [0.29, 0.717) is 0 Å². The molecule has 100 valence electrons. The van der Waals surface area contributed by atoms with Crippen molar-refractivity contribution in [3.8, 4) is 0 Å². The summed E-state index contributed by atoms with van der Waals surface area (Å²) in [4.78, 5) is 0. The third-order valence-electron chi connectivity index (χ3n) is 3.25. The van der Waals surface area contributed by atoms with E-state index in [2.05, 4.69) is 6.58 Å². The van der Waals surface area contributed by atoms with Gasteiger partial charge in [-0.2, -0.15) is 0 Å². The Bertz CT molecular complexity index is 253. The molecule has 1 rings (SSSR count). The van der Waals surface area contributed by atoms with Crippen LogP contribution < -0.4 is 0 Å². The highest BCUT2D eigenvalue weighted by Gasteiger charge is 2.43. The van der Waals surface area contributed by atoms with Crippen LogP contribution in [0.25, 0.3) is 0 Å².